The molecule has 4 heteroatoms. The molecular weight excluding hydrogens is 313 g/mol. The van der Waals surface area contributed by atoms with Crippen LogP contribution in [0.3, 0.4) is 0 Å². The summed E-state index contributed by atoms with van der Waals surface area (Å²) in [5.74, 6) is 0. The van der Waals surface area contributed by atoms with Crippen molar-refractivity contribution < 1.29 is 0 Å². The lowest BCUT2D eigenvalue weighted by atomic mass is 10.0. The van der Waals surface area contributed by atoms with E-state index in [9.17, 15) is 0 Å². The lowest BCUT2D eigenvalue weighted by Crippen LogP contribution is -2.21. The third-order valence-electron chi connectivity index (χ3n) is 3.19. The molecule has 0 radical (unpaired) electrons. The van der Waals surface area contributed by atoms with Gasteiger partial charge < -0.3 is 5.32 Å². The van der Waals surface area contributed by atoms with Gasteiger partial charge in [-0.1, -0.05) is 72.1 Å². The van der Waals surface area contributed by atoms with E-state index in [1.807, 2.05) is 18.2 Å². The number of nitrogens with one attached hydrogen (secondary N) is 1. The van der Waals surface area contributed by atoms with Crippen molar-refractivity contribution in [1.82, 2.24) is 0 Å². The second kappa shape index (κ2) is 7.21. The second-order valence-corrected chi connectivity index (χ2v) is 5.91. The fourth-order valence-electron chi connectivity index (χ4n) is 2.05. The predicted octanol–water partition coefficient (Wildman–Crippen LogP) is 6.08. The van der Waals surface area contributed by atoms with Crippen LogP contribution in [-0.4, -0.2) is 6.04 Å². The molecule has 0 aromatic heterocycles. The normalized spacial score (nSPS) is 12.2. The van der Waals surface area contributed by atoms with Gasteiger partial charge in [0, 0.05) is 6.04 Å². The van der Waals surface area contributed by atoms with E-state index in [-0.39, 0.29) is 0 Å². The van der Waals surface area contributed by atoms with Crippen molar-refractivity contribution in [3.63, 3.8) is 0 Å². The summed E-state index contributed by atoms with van der Waals surface area (Å²) in [5.41, 5.74) is 2.12. The Kier molecular flexibility index (Phi) is 5.59. The van der Waals surface area contributed by atoms with Gasteiger partial charge >= 0.3 is 0 Å². The first-order valence-corrected chi connectivity index (χ1v) is 7.68. The van der Waals surface area contributed by atoms with E-state index in [1.54, 1.807) is 12.1 Å². The maximum Gasteiger partial charge on any atom is 0.0653 e. The fourth-order valence-corrected chi connectivity index (χ4v) is 2.65. The summed E-state index contributed by atoms with van der Waals surface area (Å²) in [6.45, 7) is 2.14. The summed E-state index contributed by atoms with van der Waals surface area (Å²) in [4.78, 5) is 0. The van der Waals surface area contributed by atoms with Crippen molar-refractivity contribution in [1.29, 1.82) is 0 Å². The van der Waals surface area contributed by atoms with Crippen LogP contribution in [0.4, 0.5) is 5.69 Å². The molecule has 20 heavy (non-hydrogen) atoms. The molecule has 106 valence electrons. The van der Waals surface area contributed by atoms with E-state index in [1.165, 1.54) is 5.56 Å². The van der Waals surface area contributed by atoms with Crippen LogP contribution in [0.25, 0.3) is 0 Å². The third-order valence-corrected chi connectivity index (χ3v) is 4.22. The van der Waals surface area contributed by atoms with Gasteiger partial charge in [-0.15, -0.1) is 0 Å². The average Bonchev–Trinajstić information content (AvgIpc) is 2.45. The number of hydrogen-bond acceptors (Lipinski definition) is 1. The molecule has 1 nitrogen and oxygen atoms in total. The molecule has 0 saturated heterocycles. The lowest BCUT2D eigenvalue weighted by Gasteiger charge is -2.20. The minimum atomic E-state index is 0.298. The minimum Gasteiger partial charge on any atom is -0.381 e. The van der Waals surface area contributed by atoms with Gasteiger partial charge in [-0.25, -0.2) is 0 Å². The van der Waals surface area contributed by atoms with E-state index in [0.29, 0.717) is 21.1 Å². The van der Waals surface area contributed by atoms with Crippen molar-refractivity contribution in [2.24, 2.45) is 0 Å². The Labute approximate surface area is 134 Å². The maximum atomic E-state index is 6.20. The predicted molar refractivity (Wildman–Crippen MR) is 89.3 cm³/mol. The number of benzene rings is 2. The monoisotopic (exact) mass is 327 g/mol. The Morgan fingerprint density at radius 1 is 0.950 bits per heavy atom. The number of anilines is 1. The highest BCUT2D eigenvalue weighted by Crippen LogP contribution is 2.33. The zero-order valence-corrected chi connectivity index (χ0v) is 13.4. The van der Waals surface area contributed by atoms with E-state index in [2.05, 4.69) is 24.4 Å². The van der Waals surface area contributed by atoms with Gasteiger partial charge in [-0.05, 0) is 30.5 Å². The zero-order valence-electron chi connectivity index (χ0n) is 11.2. The van der Waals surface area contributed by atoms with Gasteiger partial charge in [0.25, 0.3) is 0 Å². The van der Waals surface area contributed by atoms with Gasteiger partial charge in [0.15, 0.2) is 0 Å². The van der Waals surface area contributed by atoms with Crippen molar-refractivity contribution in [2.75, 3.05) is 5.32 Å². The summed E-state index contributed by atoms with van der Waals surface area (Å²) in [6, 6.07) is 14.1. The zero-order chi connectivity index (χ0) is 14.5. The van der Waals surface area contributed by atoms with E-state index in [0.717, 1.165) is 18.5 Å². The molecular formula is C16H16Cl3N. The second-order valence-electron chi connectivity index (χ2n) is 4.69. The molecule has 1 atom stereocenters. The Balaban J connectivity index is 2.12. The van der Waals surface area contributed by atoms with Gasteiger partial charge in [-0.3, -0.25) is 0 Å². The van der Waals surface area contributed by atoms with Gasteiger partial charge in [0.1, 0.15) is 0 Å². The van der Waals surface area contributed by atoms with Crippen LogP contribution in [0.1, 0.15) is 18.9 Å². The molecule has 0 spiro atoms. The highest BCUT2D eigenvalue weighted by Gasteiger charge is 2.11. The van der Waals surface area contributed by atoms with Gasteiger partial charge in [0.2, 0.25) is 0 Å². The molecule has 2 aromatic carbocycles. The first-order chi connectivity index (χ1) is 9.60. The van der Waals surface area contributed by atoms with Crippen molar-refractivity contribution >= 4 is 40.5 Å². The largest absolute Gasteiger partial charge is 0.381 e. The Morgan fingerprint density at radius 3 is 2.25 bits per heavy atom. The number of hydrogen-bond donors (Lipinski definition) is 1. The molecule has 0 amide bonds. The van der Waals surface area contributed by atoms with Crippen LogP contribution in [0.15, 0.2) is 42.5 Å². The molecule has 2 rings (SSSR count). The minimum absolute atomic E-state index is 0.298. The van der Waals surface area contributed by atoms with Crippen LogP contribution in [-0.2, 0) is 6.42 Å². The first-order valence-electron chi connectivity index (χ1n) is 6.55. The van der Waals surface area contributed by atoms with Crippen LogP contribution in [0.5, 0.6) is 0 Å². The van der Waals surface area contributed by atoms with Gasteiger partial charge in [0.05, 0.1) is 20.8 Å². The maximum absolute atomic E-state index is 6.20. The van der Waals surface area contributed by atoms with Crippen LogP contribution < -0.4 is 5.32 Å². The van der Waals surface area contributed by atoms with Crippen LogP contribution in [0, 0.1) is 0 Å². The molecule has 0 heterocycles. The number of halogens is 3. The summed E-state index contributed by atoms with van der Waals surface area (Å²) in [6.07, 6.45) is 1.93. The lowest BCUT2D eigenvalue weighted by molar-refractivity contribution is 0.690. The Morgan fingerprint density at radius 2 is 1.60 bits per heavy atom. The van der Waals surface area contributed by atoms with E-state index in [4.69, 9.17) is 34.8 Å². The van der Waals surface area contributed by atoms with Crippen molar-refractivity contribution in [3.8, 4) is 0 Å². The molecule has 0 saturated carbocycles. The SMILES string of the molecule is CCC(Cc1ccccc1)Nc1cc(Cl)c(Cl)cc1Cl. The fraction of sp³-hybridized carbons (Fsp3) is 0.250. The Hall–Kier alpha value is -0.890. The summed E-state index contributed by atoms with van der Waals surface area (Å²) < 4.78 is 0. The molecule has 0 aliphatic heterocycles. The molecule has 0 fully saturated rings. The quantitative estimate of drug-likeness (QED) is 0.656. The molecule has 0 aliphatic rings. The van der Waals surface area contributed by atoms with Crippen molar-refractivity contribution in [3.05, 3.63) is 63.1 Å². The van der Waals surface area contributed by atoms with E-state index < -0.39 is 0 Å². The highest BCUT2D eigenvalue weighted by atomic mass is 35.5. The summed E-state index contributed by atoms with van der Waals surface area (Å²) in [5, 5.41) is 5.01. The molecule has 2 aromatic rings. The van der Waals surface area contributed by atoms with Crippen LogP contribution in [0.2, 0.25) is 15.1 Å². The van der Waals surface area contributed by atoms with Crippen LogP contribution >= 0.6 is 34.8 Å². The summed E-state index contributed by atoms with van der Waals surface area (Å²) >= 11 is 18.2. The average molecular weight is 329 g/mol. The topological polar surface area (TPSA) is 12.0 Å². The van der Waals surface area contributed by atoms with Crippen molar-refractivity contribution in [2.45, 2.75) is 25.8 Å². The Bertz CT molecular complexity index is 569. The smallest absolute Gasteiger partial charge is 0.0653 e. The standard InChI is InChI=1S/C16H16Cl3N/c1-2-12(8-11-6-4-3-5-7-11)20-16-10-14(18)13(17)9-15(16)19/h3-7,9-10,12,20H,2,8H2,1H3. The third kappa shape index (κ3) is 4.05. The summed E-state index contributed by atoms with van der Waals surface area (Å²) in [7, 11) is 0. The van der Waals surface area contributed by atoms with Gasteiger partial charge in [-0.2, -0.15) is 0 Å². The molecule has 1 N–H and O–H groups in total. The highest BCUT2D eigenvalue weighted by molar-refractivity contribution is 6.44. The molecule has 1 unspecified atom stereocenters. The first kappa shape index (κ1) is 15.5. The number of rotatable bonds is 5. The van der Waals surface area contributed by atoms with E-state index >= 15 is 0 Å². The molecule has 0 bridgehead atoms. The molecule has 0 aliphatic carbocycles.